The number of hydrogen-bond acceptors (Lipinski definition) is 1. The van der Waals surface area contributed by atoms with E-state index < -0.39 is 0 Å². The third-order valence-corrected chi connectivity index (χ3v) is 3.33. The number of hydrogen-bond donors (Lipinski definition) is 1. The predicted molar refractivity (Wildman–Crippen MR) is 79.7 cm³/mol. The predicted octanol–water partition coefficient (Wildman–Crippen LogP) is 4.68. The molecule has 0 unspecified atom stereocenters. The van der Waals surface area contributed by atoms with Gasteiger partial charge in [0, 0.05) is 33.4 Å². The Morgan fingerprint density at radius 3 is 2.61 bits per heavy atom. The fraction of sp³-hybridized carbons (Fsp3) is 0. The molecule has 0 aliphatic rings. The minimum Gasteiger partial charge on any atom is -0.361 e. The van der Waals surface area contributed by atoms with Gasteiger partial charge in [0.1, 0.15) is 0 Å². The molecule has 0 fully saturated rings. The van der Waals surface area contributed by atoms with Gasteiger partial charge < -0.3 is 4.98 Å². The number of nitrogens with one attached hydrogen (secondary N) is 1. The van der Waals surface area contributed by atoms with E-state index in [9.17, 15) is 0 Å². The Morgan fingerprint density at radius 1 is 1.00 bits per heavy atom. The summed E-state index contributed by atoms with van der Waals surface area (Å²) < 4.78 is 1.06. The molecule has 0 amide bonds. The van der Waals surface area contributed by atoms with Crippen LogP contribution in [0.4, 0.5) is 5.69 Å². The number of benzene rings is 2. The van der Waals surface area contributed by atoms with Gasteiger partial charge in [-0.2, -0.15) is 0 Å². The van der Waals surface area contributed by atoms with E-state index in [0.29, 0.717) is 0 Å². The SMILES string of the molecule is Brc1ccc(N=Cc2c[nH]c3ccccc23)cc1. The number of aromatic amines is 1. The van der Waals surface area contributed by atoms with Crippen LogP contribution in [0.15, 0.2) is 64.2 Å². The second-order valence-corrected chi connectivity index (χ2v) is 4.94. The topological polar surface area (TPSA) is 28.1 Å². The summed E-state index contributed by atoms with van der Waals surface area (Å²) in [6.07, 6.45) is 3.87. The van der Waals surface area contributed by atoms with Gasteiger partial charge in [-0.1, -0.05) is 34.1 Å². The van der Waals surface area contributed by atoms with E-state index in [1.807, 2.05) is 48.8 Å². The maximum absolute atomic E-state index is 4.47. The van der Waals surface area contributed by atoms with Crippen molar-refractivity contribution in [2.45, 2.75) is 0 Å². The van der Waals surface area contributed by atoms with Crippen molar-refractivity contribution in [2.24, 2.45) is 4.99 Å². The molecule has 0 bridgehead atoms. The van der Waals surface area contributed by atoms with Crippen molar-refractivity contribution >= 4 is 38.7 Å². The third-order valence-electron chi connectivity index (χ3n) is 2.80. The second-order valence-electron chi connectivity index (χ2n) is 4.02. The monoisotopic (exact) mass is 298 g/mol. The molecular weight excluding hydrogens is 288 g/mol. The van der Waals surface area contributed by atoms with Crippen molar-refractivity contribution in [3.63, 3.8) is 0 Å². The van der Waals surface area contributed by atoms with Crippen molar-refractivity contribution in [3.05, 3.63) is 64.8 Å². The average Bonchev–Trinajstić information content (AvgIpc) is 2.82. The lowest BCUT2D eigenvalue weighted by Gasteiger charge is -1.94. The maximum atomic E-state index is 4.47. The number of fused-ring (bicyclic) bond motifs is 1. The largest absolute Gasteiger partial charge is 0.361 e. The molecule has 1 heterocycles. The van der Waals surface area contributed by atoms with E-state index in [1.165, 1.54) is 5.39 Å². The van der Waals surface area contributed by atoms with Crippen molar-refractivity contribution in [2.75, 3.05) is 0 Å². The first kappa shape index (κ1) is 11.2. The van der Waals surface area contributed by atoms with E-state index in [2.05, 4.69) is 38.0 Å². The van der Waals surface area contributed by atoms with E-state index in [0.717, 1.165) is 21.2 Å². The number of rotatable bonds is 2. The highest BCUT2D eigenvalue weighted by Crippen LogP contribution is 2.19. The molecule has 3 heteroatoms. The molecule has 0 radical (unpaired) electrons. The van der Waals surface area contributed by atoms with Crippen LogP contribution in [0, 0.1) is 0 Å². The Morgan fingerprint density at radius 2 is 1.78 bits per heavy atom. The molecule has 2 nitrogen and oxygen atoms in total. The van der Waals surface area contributed by atoms with Gasteiger partial charge in [0.15, 0.2) is 0 Å². The highest BCUT2D eigenvalue weighted by Gasteiger charge is 1.99. The molecule has 0 spiro atoms. The van der Waals surface area contributed by atoms with Gasteiger partial charge in [-0.3, -0.25) is 4.99 Å². The van der Waals surface area contributed by atoms with Crippen LogP contribution in [-0.2, 0) is 0 Å². The molecule has 0 aliphatic carbocycles. The summed E-state index contributed by atoms with van der Waals surface area (Å²) in [6, 6.07) is 16.2. The lowest BCUT2D eigenvalue weighted by atomic mass is 10.2. The van der Waals surface area contributed by atoms with Crippen LogP contribution in [0.2, 0.25) is 0 Å². The van der Waals surface area contributed by atoms with Crippen LogP contribution < -0.4 is 0 Å². The number of para-hydroxylation sites is 1. The van der Waals surface area contributed by atoms with E-state index >= 15 is 0 Å². The third kappa shape index (κ3) is 2.22. The zero-order valence-electron chi connectivity index (χ0n) is 9.60. The molecule has 18 heavy (non-hydrogen) atoms. The van der Waals surface area contributed by atoms with Crippen molar-refractivity contribution in [1.82, 2.24) is 4.98 Å². The Balaban J connectivity index is 1.94. The summed E-state index contributed by atoms with van der Waals surface area (Å²) >= 11 is 3.41. The van der Waals surface area contributed by atoms with Crippen molar-refractivity contribution in [1.29, 1.82) is 0 Å². The number of aliphatic imine (C=N–C) groups is 1. The molecule has 1 N–H and O–H groups in total. The molecule has 2 aromatic carbocycles. The Bertz CT molecular complexity index is 696. The molecule has 3 aromatic rings. The summed E-state index contributed by atoms with van der Waals surface area (Å²) in [5, 5.41) is 1.19. The van der Waals surface area contributed by atoms with Crippen molar-refractivity contribution in [3.8, 4) is 0 Å². The lowest BCUT2D eigenvalue weighted by molar-refractivity contribution is 1.47. The van der Waals surface area contributed by atoms with Gasteiger partial charge in [-0.15, -0.1) is 0 Å². The number of H-pyrrole nitrogens is 1. The fourth-order valence-corrected chi connectivity index (χ4v) is 2.14. The zero-order chi connectivity index (χ0) is 12.4. The first-order valence-corrected chi connectivity index (χ1v) is 6.48. The molecule has 0 aliphatic heterocycles. The van der Waals surface area contributed by atoms with Crippen LogP contribution in [0.1, 0.15) is 5.56 Å². The quantitative estimate of drug-likeness (QED) is 0.665. The number of nitrogens with zero attached hydrogens (tertiary/aromatic N) is 1. The Labute approximate surface area is 114 Å². The van der Waals surface area contributed by atoms with Crippen LogP contribution in [-0.4, -0.2) is 11.2 Å². The highest BCUT2D eigenvalue weighted by molar-refractivity contribution is 9.10. The Kier molecular flexibility index (Phi) is 2.99. The Hall–Kier alpha value is -1.87. The van der Waals surface area contributed by atoms with Crippen LogP contribution >= 0.6 is 15.9 Å². The van der Waals surface area contributed by atoms with Gasteiger partial charge in [0.25, 0.3) is 0 Å². The summed E-state index contributed by atoms with van der Waals surface area (Å²) in [4.78, 5) is 7.71. The number of halogens is 1. The fourth-order valence-electron chi connectivity index (χ4n) is 1.87. The highest BCUT2D eigenvalue weighted by atomic mass is 79.9. The van der Waals surface area contributed by atoms with Crippen LogP contribution in [0.5, 0.6) is 0 Å². The molecule has 0 saturated heterocycles. The van der Waals surface area contributed by atoms with E-state index in [-0.39, 0.29) is 0 Å². The molecule has 1 aromatic heterocycles. The first-order valence-electron chi connectivity index (χ1n) is 5.69. The average molecular weight is 299 g/mol. The maximum Gasteiger partial charge on any atom is 0.0630 e. The van der Waals surface area contributed by atoms with E-state index in [1.54, 1.807) is 0 Å². The lowest BCUT2D eigenvalue weighted by Crippen LogP contribution is -1.76. The molecule has 3 rings (SSSR count). The van der Waals surface area contributed by atoms with Crippen LogP contribution in [0.3, 0.4) is 0 Å². The summed E-state index contributed by atoms with van der Waals surface area (Å²) in [5.74, 6) is 0. The minimum atomic E-state index is 0.948. The zero-order valence-corrected chi connectivity index (χ0v) is 11.2. The minimum absolute atomic E-state index is 0.948. The van der Waals surface area contributed by atoms with E-state index in [4.69, 9.17) is 0 Å². The van der Waals surface area contributed by atoms with Gasteiger partial charge >= 0.3 is 0 Å². The smallest absolute Gasteiger partial charge is 0.0630 e. The second kappa shape index (κ2) is 4.78. The summed E-state index contributed by atoms with van der Waals surface area (Å²) in [7, 11) is 0. The molecular formula is C15H11BrN2. The number of aromatic nitrogens is 1. The van der Waals surface area contributed by atoms with Crippen molar-refractivity contribution < 1.29 is 0 Å². The summed E-state index contributed by atoms with van der Waals surface area (Å²) in [6.45, 7) is 0. The van der Waals surface area contributed by atoms with Crippen LogP contribution in [0.25, 0.3) is 10.9 Å². The molecule has 0 saturated carbocycles. The standard InChI is InChI=1S/C15H11BrN2/c16-12-5-7-13(8-6-12)17-9-11-10-18-15-4-2-1-3-14(11)15/h1-10,18H. The summed E-state index contributed by atoms with van der Waals surface area (Å²) in [5.41, 5.74) is 3.19. The van der Waals surface area contributed by atoms with Gasteiger partial charge in [-0.25, -0.2) is 0 Å². The normalized spacial score (nSPS) is 11.4. The van der Waals surface area contributed by atoms with Gasteiger partial charge in [0.05, 0.1) is 5.69 Å². The molecule has 0 atom stereocenters. The van der Waals surface area contributed by atoms with Gasteiger partial charge in [-0.05, 0) is 30.3 Å². The molecule has 88 valence electrons. The first-order chi connectivity index (χ1) is 8.83. The van der Waals surface area contributed by atoms with Gasteiger partial charge in [0.2, 0.25) is 0 Å².